The number of phenolic OH excluding ortho intramolecular Hbond substituents is 1. The molecule has 0 fully saturated rings. The first-order valence-electron chi connectivity index (χ1n) is 7.67. The van der Waals surface area contributed by atoms with Gasteiger partial charge in [0.15, 0.2) is 5.75 Å². The number of hydrogen-bond donors (Lipinski definition) is 2. The molecule has 24 heavy (non-hydrogen) atoms. The Bertz CT molecular complexity index is 873. The van der Waals surface area contributed by atoms with Gasteiger partial charge >= 0.3 is 0 Å². The number of anilines is 1. The first-order chi connectivity index (χ1) is 11.6. The molecule has 0 saturated heterocycles. The van der Waals surface area contributed by atoms with Crippen LogP contribution < -0.4 is 10.2 Å². The van der Waals surface area contributed by atoms with Gasteiger partial charge in [0, 0.05) is 37.9 Å². The van der Waals surface area contributed by atoms with Crippen LogP contribution in [0.5, 0.6) is 5.75 Å². The molecule has 1 heterocycles. The number of pyridine rings is 1. The van der Waals surface area contributed by atoms with E-state index < -0.39 is 0 Å². The summed E-state index contributed by atoms with van der Waals surface area (Å²) in [5, 5.41) is 13.9. The van der Waals surface area contributed by atoms with Crippen molar-refractivity contribution in [3.8, 4) is 5.75 Å². The number of phenols is 1. The molecule has 1 amide bonds. The fourth-order valence-electron chi connectivity index (χ4n) is 2.50. The number of aromatic nitrogens is 1. The minimum atomic E-state index is -0.322. The summed E-state index contributed by atoms with van der Waals surface area (Å²) in [7, 11) is 3.96. The number of fused-ring (bicyclic) bond motifs is 1. The predicted molar refractivity (Wildman–Crippen MR) is 95.3 cm³/mol. The normalized spacial score (nSPS) is 10.6. The van der Waals surface area contributed by atoms with Gasteiger partial charge in [-0.25, -0.2) is 0 Å². The summed E-state index contributed by atoms with van der Waals surface area (Å²) >= 11 is 0. The molecule has 122 valence electrons. The van der Waals surface area contributed by atoms with Crippen molar-refractivity contribution in [2.75, 3.05) is 19.0 Å². The van der Waals surface area contributed by atoms with Crippen molar-refractivity contribution in [3.05, 3.63) is 65.9 Å². The Hall–Kier alpha value is -3.08. The van der Waals surface area contributed by atoms with E-state index >= 15 is 0 Å². The zero-order valence-electron chi connectivity index (χ0n) is 13.7. The zero-order valence-corrected chi connectivity index (χ0v) is 13.7. The molecule has 0 aliphatic rings. The predicted octanol–water partition coefficient (Wildman–Crippen LogP) is 2.94. The number of nitrogens with zero attached hydrogens (tertiary/aromatic N) is 2. The van der Waals surface area contributed by atoms with Gasteiger partial charge in [-0.2, -0.15) is 0 Å². The summed E-state index contributed by atoms with van der Waals surface area (Å²) < 4.78 is 0. The van der Waals surface area contributed by atoms with Crippen LogP contribution in [0.1, 0.15) is 15.9 Å². The van der Waals surface area contributed by atoms with Crippen molar-refractivity contribution in [2.24, 2.45) is 0 Å². The standard InChI is InChI=1S/C19H19N3O2/c1-22(2)15-8-5-13(6-9-15)12-21-19(24)16-10-7-14-4-3-11-20-17(14)18(16)23/h3-11,23H,12H2,1-2H3,(H,21,24). The van der Waals surface area contributed by atoms with Crippen molar-refractivity contribution in [2.45, 2.75) is 6.54 Å². The van der Waals surface area contributed by atoms with Crippen molar-refractivity contribution in [3.63, 3.8) is 0 Å². The largest absolute Gasteiger partial charge is 0.505 e. The molecular weight excluding hydrogens is 302 g/mol. The maximum absolute atomic E-state index is 12.4. The molecule has 2 aromatic carbocycles. The van der Waals surface area contributed by atoms with Crippen molar-refractivity contribution in [1.82, 2.24) is 10.3 Å². The molecule has 0 aliphatic heterocycles. The fraction of sp³-hybridized carbons (Fsp3) is 0.158. The van der Waals surface area contributed by atoms with Crippen molar-refractivity contribution in [1.29, 1.82) is 0 Å². The molecule has 5 nitrogen and oxygen atoms in total. The molecule has 0 aliphatic carbocycles. The van der Waals surface area contributed by atoms with Crippen LogP contribution in [0.2, 0.25) is 0 Å². The molecule has 5 heteroatoms. The third kappa shape index (κ3) is 3.15. The van der Waals surface area contributed by atoms with Gasteiger partial charge in [-0.15, -0.1) is 0 Å². The third-order valence-corrected chi connectivity index (χ3v) is 3.90. The van der Waals surface area contributed by atoms with Crippen LogP contribution in [0.4, 0.5) is 5.69 Å². The maximum Gasteiger partial charge on any atom is 0.255 e. The Balaban J connectivity index is 1.74. The van der Waals surface area contributed by atoms with Crippen LogP contribution in [0.15, 0.2) is 54.7 Å². The molecule has 0 bridgehead atoms. The summed E-state index contributed by atoms with van der Waals surface area (Å²) in [6.07, 6.45) is 1.59. The topological polar surface area (TPSA) is 65.5 Å². The summed E-state index contributed by atoms with van der Waals surface area (Å²) in [5.74, 6) is -0.412. The van der Waals surface area contributed by atoms with Crippen LogP contribution in [-0.2, 0) is 6.54 Å². The Kier molecular flexibility index (Phi) is 4.33. The van der Waals surface area contributed by atoms with Crippen LogP contribution in [0, 0.1) is 0 Å². The number of rotatable bonds is 4. The average molecular weight is 321 g/mol. The van der Waals surface area contributed by atoms with Crippen LogP contribution in [0.25, 0.3) is 10.9 Å². The first-order valence-corrected chi connectivity index (χ1v) is 7.67. The van der Waals surface area contributed by atoms with Gasteiger partial charge in [-0.3, -0.25) is 9.78 Å². The third-order valence-electron chi connectivity index (χ3n) is 3.90. The van der Waals surface area contributed by atoms with Gasteiger partial charge in [-0.1, -0.05) is 24.3 Å². The Morgan fingerprint density at radius 1 is 1.12 bits per heavy atom. The second kappa shape index (κ2) is 6.58. The Morgan fingerprint density at radius 2 is 1.88 bits per heavy atom. The second-order valence-electron chi connectivity index (χ2n) is 5.78. The van der Waals surface area contributed by atoms with E-state index in [0.717, 1.165) is 16.6 Å². The molecule has 0 atom stereocenters. The van der Waals surface area contributed by atoms with E-state index in [-0.39, 0.29) is 17.2 Å². The summed E-state index contributed by atoms with van der Waals surface area (Å²) in [5.41, 5.74) is 2.75. The van der Waals surface area contributed by atoms with Gasteiger partial charge < -0.3 is 15.3 Å². The molecule has 0 saturated carbocycles. The van der Waals surface area contributed by atoms with Crippen LogP contribution in [-0.4, -0.2) is 30.1 Å². The SMILES string of the molecule is CN(C)c1ccc(CNC(=O)c2ccc3cccnc3c2O)cc1. The lowest BCUT2D eigenvalue weighted by Gasteiger charge is -2.13. The lowest BCUT2D eigenvalue weighted by atomic mass is 10.1. The zero-order chi connectivity index (χ0) is 17.1. The Morgan fingerprint density at radius 3 is 2.58 bits per heavy atom. The highest BCUT2D eigenvalue weighted by atomic mass is 16.3. The monoisotopic (exact) mass is 321 g/mol. The van der Waals surface area contributed by atoms with E-state index in [1.807, 2.05) is 49.3 Å². The number of hydrogen-bond acceptors (Lipinski definition) is 4. The lowest BCUT2D eigenvalue weighted by Crippen LogP contribution is -2.23. The van der Waals surface area contributed by atoms with Gasteiger partial charge in [0.1, 0.15) is 5.52 Å². The quantitative estimate of drug-likeness (QED) is 0.775. The summed E-state index contributed by atoms with van der Waals surface area (Å²) in [6, 6.07) is 15.0. The van der Waals surface area contributed by atoms with Crippen molar-refractivity contribution < 1.29 is 9.90 Å². The van der Waals surface area contributed by atoms with Crippen molar-refractivity contribution >= 4 is 22.5 Å². The average Bonchev–Trinajstić information content (AvgIpc) is 2.60. The molecule has 0 radical (unpaired) electrons. The lowest BCUT2D eigenvalue weighted by molar-refractivity contribution is 0.0948. The Labute approximate surface area is 140 Å². The van der Waals surface area contributed by atoms with Crippen LogP contribution >= 0.6 is 0 Å². The van der Waals surface area contributed by atoms with Gasteiger partial charge in [0.05, 0.1) is 5.56 Å². The van der Waals surface area contributed by atoms with E-state index in [2.05, 4.69) is 10.3 Å². The van der Waals surface area contributed by atoms with Gasteiger partial charge in [0.25, 0.3) is 5.91 Å². The van der Waals surface area contributed by atoms with E-state index in [9.17, 15) is 9.90 Å². The highest BCUT2D eigenvalue weighted by Crippen LogP contribution is 2.26. The highest BCUT2D eigenvalue weighted by Gasteiger charge is 2.14. The second-order valence-corrected chi connectivity index (χ2v) is 5.78. The number of benzene rings is 2. The molecule has 1 aromatic heterocycles. The molecule has 2 N–H and O–H groups in total. The summed E-state index contributed by atoms with van der Waals surface area (Å²) in [4.78, 5) is 18.5. The summed E-state index contributed by atoms with van der Waals surface area (Å²) in [6.45, 7) is 0.395. The number of carbonyl (C=O) groups is 1. The molecule has 0 spiro atoms. The number of nitrogens with one attached hydrogen (secondary N) is 1. The first kappa shape index (κ1) is 15.8. The van der Waals surface area contributed by atoms with E-state index in [0.29, 0.717) is 12.1 Å². The molecular formula is C19H19N3O2. The minimum Gasteiger partial charge on any atom is -0.505 e. The molecule has 3 rings (SSSR count). The van der Waals surface area contributed by atoms with Gasteiger partial charge in [-0.05, 0) is 29.8 Å². The highest BCUT2D eigenvalue weighted by molar-refractivity contribution is 6.02. The van der Waals surface area contributed by atoms with E-state index in [4.69, 9.17) is 0 Å². The van der Waals surface area contributed by atoms with Gasteiger partial charge in [0.2, 0.25) is 0 Å². The fourth-order valence-corrected chi connectivity index (χ4v) is 2.50. The minimum absolute atomic E-state index is 0.0893. The smallest absolute Gasteiger partial charge is 0.255 e. The van der Waals surface area contributed by atoms with Crippen LogP contribution in [0.3, 0.4) is 0 Å². The molecule has 0 unspecified atom stereocenters. The maximum atomic E-state index is 12.4. The number of aromatic hydroxyl groups is 1. The number of amides is 1. The number of carbonyl (C=O) groups excluding carboxylic acids is 1. The van der Waals surface area contributed by atoms with E-state index in [1.165, 1.54) is 0 Å². The van der Waals surface area contributed by atoms with E-state index in [1.54, 1.807) is 24.4 Å². The molecule has 3 aromatic rings.